The van der Waals surface area contributed by atoms with Crippen molar-refractivity contribution in [2.24, 2.45) is 5.92 Å². The van der Waals surface area contributed by atoms with Gasteiger partial charge in [-0.2, -0.15) is 0 Å². The van der Waals surface area contributed by atoms with E-state index in [9.17, 15) is 13.6 Å². The molecule has 0 saturated carbocycles. The Bertz CT molecular complexity index is 605. The summed E-state index contributed by atoms with van der Waals surface area (Å²) in [7, 11) is 0. The number of halogens is 3. The smallest absolute Gasteiger partial charge is 0.250 e. The molecule has 0 aliphatic carbocycles. The van der Waals surface area contributed by atoms with E-state index >= 15 is 0 Å². The summed E-state index contributed by atoms with van der Waals surface area (Å²) in [5, 5.41) is 4.67. The van der Waals surface area contributed by atoms with E-state index in [1.165, 1.54) is 6.07 Å². The van der Waals surface area contributed by atoms with Crippen molar-refractivity contribution in [2.75, 3.05) is 19.8 Å². The zero-order valence-electron chi connectivity index (χ0n) is 10.4. The van der Waals surface area contributed by atoms with E-state index in [-0.39, 0.29) is 5.91 Å². The molecule has 20 heavy (non-hydrogen) atoms. The first-order valence-electron chi connectivity index (χ1n) is 6.19. The number of fused-ring (bicyclic) bond motifs is 1. The molecule has 2 aliphatic rings. The van der Waals surface area contributed by atoms with Crippen molar-refractivity contribution in [2.45, 2.75) is 0 Å². The maximum absolute atomic E-state index is 14.0. The monoisotopic (exact) mass is 343 g/mol. The number of rotatable bonds is 2. The Morgan fingerprint density at radius 1 is 1.45 bits per heavy atom. The predicted octanol–water partition coefficient (Wildman–Crippen LogP) is 1.79. The minimum Gasteiger partial charge on any atom is -0.381 e. The van der Waals surface area contributed by atoms with Gasteiger partial charge in [-0.05, 0) is 18.2 Å². The Labute approximate surface area is 122 Å². The van der Waals surface area contributed by atoms with Gasteiger partial charge in [0.1, 0.15) is 18.4 Å². The van der Waals surface area contributed by atoms with Gasteiger partial charge in [0.15, 0.2) is 0 Å². The van der Waals surface area contributed by atoms with Gasteiger partial charge < -0.3 is 5.32 Å². The molecule has 1 atom stereocenters. The highest BCUT2D eigenvalue weighted by atomic mass is 79.9. The molecule has 0 bridgehead atoms. The quantitative estimate of drug-likeness (QED) is 0.860. The second-order valence-electron chi connectivity index (χ2n) is 4.65. The fraction of sp³-hybridized carbons (Fsp3) is 0.308. The minimum absolute atomic E-state index is 0.328. The fourth-order valence-corrected chi connectivity index (χ4v) is 2.88. The lowest BCUT2D eigenvalue weighted by Crippen LogP contribution is -2.42. The van der Waals surface area contributed by atoms with Gasteiger partial charge in [0, 0.05) is 16.6 Å². The first kappa shape index (κ1) is 13.4. The van der Waals surface area contributed by atoms with Crippen LogP contribution in [0.25, 0.3) is 5.70 Å². The highest BCUT2D eigenvalue weighted by Crippen LogP contribution is 2.33. The van der Waals surface area contributed by atoms with Crippen LogP contribution in [0, 0.1) is 11.7 Å². The van der Waals surface area contributed by atoms with Gasteiger partial charge in [-0.1, -0.05) is 15.9 Å². The van der Waals surface area contributed by atoms with Gasteiger partial charge in [0.05, 0.1) is 17.9 Å². The maximum Gasteiger partial charge on any atom is 0.250 e. The maximum atomic E-state index is 14.0. The number of hydrogen-bond acceptors (Lipinski definition) is 3. The van der Waals surface area contributed by atoms with Gasteiger partial charge >= 0.3 is 0 Å². The molecule has 0 aromatic heterocycles. The van der Waals surface area contributed by atoms with Crippen molar-refractivity contribution in [3.63, 3.8) is 0 Å². The van der Waals surface area contributed by atoms with Crippen LogP contribution in [0.1, 0.15) is 5.56 Å². The number of hydrazine groups is 1. The normalized spacial score (nSPS) is 21.6. The number of hydrogen-bond donors (Lipinski definition) is 2. The molecule has 106 valence electrons. The molecule has 1 saturated heterocycles. The Balaban J connectivity index is 2.16. The molecule has 2 N–H and O–H groups in total. The summed E-state index contributed by atoms with van der Waals surface area (Å²) in [4.78, 5) is 11.7. The average Bonchev–Trinajstić information content (AvgIpc) is 2.76. The lowest BCUT2D eigenvalue weighted by Gasteiger charge is -2.29. The predicted molar refractivity (Wildman–Crippen MR) is 73.3 cm³/mol. The standard InChI is InChI=1S/C13H12BrF2N3O/c14-7-1-2-10(16)8(5-7)11-12-9(6-15)13(20)18-19(12)4-3-17-11/h1-2,5,9,17H,3-4,6H2,(H,18,20)/t9-/m1/s1. The average molecular weight is 344 g/mol. The summed E-state index contributed by atoms with van der Waals surface area (Å²) >= 11 is 3.29. The van der Waals surface area contributed by atoms with Gasteiger partial charge in [0.25, 0.3) is 0 Å². The van der Waals surface area contributed by atoms with E-state index in [2.05, 4.69) is 26.7 Å². The molecule has 0 spiro atoms. The Hall–Kier alpha value is -1.63. The number of nitrogens with one attached hydrogen (secondary N) is 2. The highest BCUT2D eigenvalue weighted by Gasteiger charge is 2.40. The fourth-order valence-electron chi connectivity index (χ4n) is 2.52. The summed E-state index contributed by atoms with van der Waals surface area (Å²) in [5.41, 5.74) is 3.88. The molecule has 2 heterocycles. The summed E-state index contributed by atoms with van der Waals surface area (Å²) in [6.45, 7) is 0.263. The number of alkyl halides is 1. The van der Waals surface area contributed by atoms with Crippen molar-refractivity contribution in [1.82, 2.24) is 15.8 Å². The van der Waals surface area contributed by atoms with Crippen LogP contribution < -0.4 is 10.7 Å². The number of nitrogens with zero attached hydrogens (tertiary/aromatic N) is 1. The first-order chi connectivity index (χ1) is 9.61. The van der Waals surface area contributed by atoms with Crippen LogP contribution in [0.4, 0.5) is 8.78 Å². The van der Waals surface area contributed by atoms with Gasteiger partial charge in [-0.3, -0.25) is 15.2 Å². The number of benzene rings is 1. The summed E-state index contributed by atoms with van der Waals surface area (Å²) in [6.07, 6.45) is 0. The molecule has 1 aromatic carbocycles. The Kier molecular flexibility index (Phi) is 3.37. The van der Waals surface area contributed by atoms with E-state index in [0.29, 0.717) is 30.0 Å². The van der Waals surface area contributed by atoms with Crippen LogP contribution in [-0.2, 0) is 4.79 Å². The van der Waals surface area contributed by atoms with Crippen LogP contribution in [0.3, 0.4) is 0 Å². The zero-order valence-corrected chi connectivity index (χ0v) is 12.0. The van der Waals surface area contributed by atoms with Crippen molar-refractivity contribution >= 4 is 27.5 Å². The second-order valence-corrected chi connectivity index (χ2v) is 5.56. The molecule has 2 aliphatic heterocycles. The Morgan fingerprint density at radius 2 is 2.25 bits per heavy atom. The van der Waals surface area contributed by atoms with Gasteiger partial charge in [-0.15, -0.1) is 0 Å². The molecule has 0 radical (unpaired) electrons. The summed E-state index contributed by atoms with van der Waals surface area (Å²) in [6, 6.07) is 4.55. The van der Waals surface area contributed by atoms with E-state index in [1.807, 2.05) is 0 Å². The molecule has 3 rings (SSSR count). The van der Waals surface area contributed by atoms with Crippen LogP contribution in [0.15, 0.2) is 28.4 Å². The molecule has 1 fully saturated rings. The SMILES string of the molecule is O=C1NN2CCNC(c3cc(Br)ccc3F)=C2[C@H]1CF. The van der Waals surface area contributed by atoms with Crippen molar-refractivity contribution < 1.29 is 13.6 Å². The second kappa shape index (κ2) is 5.05. The molecule has 4 nitrogen and oxygen atoms in total. The van der Waals surface area contributed by atoms with Gasteiger partial charge in [0.2, 0.25) is 5.91 Å². The number of carbonyl (C=O) groups is 1. The molecular weight excluding hydrogens is 332 g/mol. The molecule has 1 amide bonds. The molecule has 0 unspecified atom stereocenters. The Morgan fingerprint density at radius 3 is 3.00 bits per heavy atom. The summed E-state index contributed by atoms with van der Waals surface area (Å²) < 4.78 is 27.9. The third-order valence-corrected chi connectivity index (χ3v) is 3.92. The topological polar surface area (TPSA) is 44.4 Å². The van der Waals surface area contributed by atoms with E-state index < -0.39 is 18.4 Å². The third-order valence-electron chi connectivity index (χ3n) is 3.43. The highest BCUT2D eigenvalue weighted by molar-refractivity contribution is 9.10. The van der Waals surface area contributed by atoms with E-state index in [0.717, 1.165) is 4.47 Å². The molecular formula is C13H12BrF2N3O. The minimum atomic E-state index is -0.892. The van der Waals surface area contributed by atoms with Crippen LogP contribution >= 0.6 is 15.9 Å². The lowest BCUT2D eigenvalue weighted by molar-refractivity contribution is -0.123. The first-order valence-corrected chi connectivity index (χ1v) is 6.98. The molecule has 7 heteroatoms. The van der Waals surface area contributed by atoms with Gasteiger partial charge in [-0.25, -0.2) is 8.78 Å². The third kappa shape index (κ3) is 2.06. The number of amides is 1. The van der Waals surface area contributed by atoms with E-state index in [1.54, 1.807) is 17.1 Å². The van der Waals surface area contributed by atoms with Crippen LogP contribution in [-0.4, -0.2) is 30.7 Å². The number of carbonyl (C=O) groups excluding carboxylic acids is 1. The van der Waals surface area contributed by atoms with Crippen molar-refractivity contribution in [3.05, 3.63) is 39.7 Å². The molecule has 1 aromatic rings. The lowest BCUT2D eigenvalue weighted by atomic mass is 10.00. The van der Waals surface area contributed by atoms with Crippen molar-refractivity contribution in [3.8, 4) is 0 Å². The van der Waals surface area contributed by atoms with E-state index in [4.69, 9.17) is 0 Å². The zero-order chi connectivity index (χ0) is 14.3. The van der Waals surface area contributed by atoms with Crippen molar-refractivity contribution in [1.29, 1.82) is 0 Å². The summed E-state index contributed by atoms with van der Waals surface area (Å²) in [5.74, 6) is -1.70. The largest absolute Gasteiger partial charge is 0.381 e. The van der Waals surface area contributed by atoms with Crippen LogP contribution in [0.2, 0.25) is 0 Å². The van der Waals surface area contributed by atoms with Crippen LogP contribution in [0.5, 0.6) is 0 Å².